The van der Waals surface area contributed by atoms with Gasteiger partial charge in [0.2, 0.25) is 9.04 Å². The molecule has 31 heavy (non-hydrogen) atoms. The van der Waals surface area contributed by atoms with Crippen molar-refractivity contribution in [3.05, 3.63) is 83.9 Å². The summed E-state index contributed by atoms with van der Waals surface area (Å²) in [6.45, 7) is 7.68. The maximum Gasteiger partial charge on any atom is 0.208 e. The molecule has 5 aromatic carbocycles. The lowest BCUT2D eigenvalue weighted by molar-refractivity contribution is 0.291. The third-order valence-electron chi connectivity index (χ3n) is 6.52. The molecular weight excluding hydrogens is 392 g/mol. The molecule has 1 nitrogen and oxygen atoms in total. The molecule has 1 saturated heterocycles. The highest BCUT2D eigenvalue weighted by molar-refractivity contribution is 6.50. The van der Waals surface area contributed by atoms with Crippen LogP contribution in [0.15, 0.2) is 72.8 Å². The highest BCUT2D eigenvalue weighted by Crippen LogP contribution is 2.35. The fourth-order valence-corrected chi connectivity index (χ4v) is 6.12. The third kappa shape index (κ3) is 3.98. The van der Waals surface area contributed by atoms with Crippen LogP contribution in [0.2, 0.25) is 12.6 Å². The van der Waals surface area contributed by atoms with Crippen LogP contribution in [0, 0.1) is 13.8 Å². The summed E-state index contributed by atoms with van der Waals surface area (Å²) in [5.41, 5.74) is 2.69. The number of benzene rings is 5. The van der Waals surface area contributed by atoms with Crippen LogP contribution < -0.4 is 0 Å². The van der Waals surface area contributed by atoms with E-state index in [1.165, 1.54) is 73.1 Å². The van der Waals surface area contributed by atoms with E-state index in [2.05, 4.69) is 93.2 Å². The number of rotatable bonds is 0. The Bertz CT molecular complexity index is 1400. The van der Waals surface area contributed by atoms with Crippen LogP contribution in [0.4, 0.5) is 0 Å². The Kier molecular flexibility index (Phi) is 5.52. The molecule has 1 heterocycles. The van der Waals surface area contributed by atoms with E-state index in [0.29, 0.717) is 0 Å². The topological polar surface area (TPSA) is 9.23 Å². The highest BCUT2D eigenvalue weighted by atomic mass is 28.3. The van der Waals surface area contributed by atoms with Crippen LogP contribution in [0.25, 0.3) is 43.1 Å². The Labute approximate surface area is 186 Å². The molecule has 1 radical (unpaired) electrons. The fraction of sp³-hybridized carbons (Fsp3) is 0.241. The third-order valence-corrected chi connectivity index (χ3v) is 8.27. The Morgan fingerprint density at radius 2 is 1.35 bits per heavy atom. The normalized spacial score (nSPS) is 14.8. The summed E-state index contributed by atoms with van der Waals surface area (Å²) in [6, 6.07) is 28.3. The van der Waals surface area contributed by atoms with E-state index in [9.17, 15) is 0 Å². The number of hydrogen-bond acceptors (Lipinski definition) is 1. The molecule has 155 valence electrons. The molecule has 1 aliphatic rings. The second-order valence-electron chi connectivity index (χ2n) is 8.81. The first-order valence-corrected chi connectivity index (χ1v) is 13.4. The van der Waals surface area contributed by atoms with E-state index in [1.807, 2.05) is 0 Å². The molecule has 0 atom stereocenters. The number of fused-ring (bicyclic) bond motifs is 5. The maximum atomic E-state index is 5.38. The molecule has 1 aliphatic heterocycles. The second-order valence-corrected chi connectivity index (χ2v) is 11.0. The first-order chi connectivity index (χ1) is 15.1. The standard InChI is InChI=1S/C24H18.C5H11OSi/c1-15-7-8-20-14-24-21(16(2)22(20)11-15)10-9-19-12-17-5-3-4-6-18(17)13-23(19)24;1-7-5-3-2-4-6-7/h3-14H,1-2H3;2-5H2,1H3. The molecule has 0 amide bonds. The molecule has 0 saturated carbocycles. The Morgan fingerprint density at radius 3 is 2.06 bits per heavy atom. The van der Waals surface area contributed by atoms with Crippen molar-refractivity contribution in [2.45, 2.75) is 39.3 Å². The largest absolute Gasteiger partial charge is 0.417 e. The van der Waals surface area contributed by atoms with Gasteiger partial charge in [-0.1, -0.05) is 66.6 Å². The maximum absolute atomic E-state index is 5.38. The van der Waals surface area contributed by atoms with Crippen molar-refractivity contribution < 1.29 is 4.43 Å². The van der Waals surface area contributed by atoms with Crippen LogP contribution in [0.3, 0.4) is 0 Å². The molecule has 0 N–H and O–H groups in total. The molecule has 0 bridgehead atoms. The molecule has 2 heteroatoms. The zero-order chi connectivity index (χ0) is 21.4. The van der Waals surface area contributed by atoms with Crippen LogP contribution in [-0.2, 0) is 4.43 Å². The van der Waals surface area contributed by atoms with Crippen LogP contribution in [0.5, 0.6) is 0 Å². The zero-order valence-electron chi connectivity index (χ0n) is 18.7. The van der Waals surface area contributed by atoms with Gasteiger partial charge in [-0.3, -0.25) is 0 Å². The molecule has 0 unspecified atom stereocenters. The minimum Gasteiger partial charge on any atom is -0.417 e. The minimum absolute atomic E-state index is 0.293. The van der Waals surface area contributed by atoms with E-state index in [0.717, 1.165) is 6.61 Å². The average Bonchev–Trinajstić information content (AvgIpc) is 2.79. The summed E-state index contributed by atoms with van der Waals surface area (Å²) in [4.78, 5) is 0. The average molecular weight is 422 g/mol. The predicted octanol–water partition coefficient (Wildman–Crippen LogP) is 8.33. The molecule has 5 aromatic rings. The molecule has 6 rings (SSSR count). The molecule has 0 aromatic heterocycles. The van der Waals surface area contributed by atoms with Gasteiger partial charge >= 0.3 is 0 Å². The minimum atomic E-state index is -0.293. The van der Waals surface area contributed by atoms with Crippen LogP contribution in [-0.4, -0.2) is 15.6 Å². The summed E-state index contributed by atoms with van der Waals surface area (Å²) < 4.78 is 5.38. The summed E-state index contributed by atoms with van der Waals surface area (Å²) >= 11 is 0. The van der Waals surface area contributed by atoms with Gasteiger partial charge in [0, 0.05) is 6.61 Å². The molecule has 0 spiro atoms. The zero-order valence-corrected chi connectivity index (χ0v) is 19.7. The van der Waals surface area contributed by atoms with Crippen molar-refractivity contribution in [2.75, 3.05) is 6.61 Å². The lowest BCUT2D eigenvalue weighted by atomic mass is 9.92. The van der Waals surface area contributed by atoms with Gasteiger partial charge in [-0.05, 0) is 99.7 Å². The number of hydrogen-bond donors (Lipinski definition) is 0. The van der Waals surface area contributed by atoms with Crippen molar-refractivity contribution in [1.29, 1.82) is 0 Å². The van der Waals surface area contributed by atoms with Crippen molar-refractivity contribution in [2.24, 2.45) is 0 Å². The predicted molar refractivity (Wildman–Crippen MR) is 138 cm³/mol. The van der Waals surface area contributed by atoms with Gasteiger partial charge < -0.3 is 4.43 Å². The summed E-state index contributed by atoms with van der Waals surface area (Å²) in [7, 11) is -0.293. The van der Waals surface area contributed by atoms with Crippen molar-refractivity contribution >= 4 is 52.1 Å². The monoisotopic (exact) mass is 421 g/mol. The van der Waals surface area contributed by atoms with Crippen LogP contribution in [0.1, 0.15) is 24.0 Å². The lowest BCUT2D eigenvalue weighted by Crippen LogP contribution is -2.18. The fourth-order valence-electron chi connectivity index (χ4n) is 4.74. The second kappa shape index (κ2) is 8.45. The molecular formula is C29H29OSi. The van der Waals surface area contributed by atoms with E-state index in [-0.39, 0.29) is 9.04 Å². The van der Waals surface area contributed by atoms with E-state index < -0.39 is 0 Å². The Balaban J connectivity index is 0.000000250. The SMILES string of the molecule is C[Si]1CCCCO1.Cc1ccc2cc3c(ccc4cc5ccccc5cc43)c(C)c2c1. The van der Waals surface area contributed by atoms with Gasteiger partial charge in [-0.25, -0.2) is 0 Å². The molecule has 1 fully saturated rings. The van der Waals surface area contributed by atoms with E-state index in [4.69, 9.17) is 4.43 Å². The first kappa shape index (κ1) is 20.2. The van der Waals surface area contributed by atoms with Gasteiger partial charge in [0.1, 0.15) is 0 Å². The van der Waals surface area contributed by atoms with Gasteiger partial charge in [-0.2, -0.15) is 0 Å². The number of aryl methyl sites for hydroxylation is 2. The van der Waals surface area contributed by atoms with E-state index in [1.54, 1.807) is 0 Å². The van der Waals surface area contributed by atoms with Gasteiger partial charge in [0.25, 0.3) is 0 Å². The van der Waals surface area contributed by atoms with Crippen molar-refractivity contribution in [3.63, 3.8) is 0 Å². The van der Waals surface area contributed by atoms with Crippen molar-refractivity contribution in [3.8, 4) is 0 Å². The first-order valence-electron chi connectivity index (χ1n) is 11.3. The van der Waals surface area contributed by atoms with Gasteiger partial charge in [0.15, 0.2) is 0 Å². The summed E-state index contributed by atoms with van der Waals surface area (Å²) in [5, 5.41) is 10.7. The van der Waals surface area contributed by atoms with E-state index >= 15 is 0 Å². The quantitative estimate of drug-likeness (QED) is 0.139. The van der Waals surface area contributed by atoms with Gasteiger partial charge in [-0.15, -0.1) is 0 Å². The molecule has 0 aliphatic carbocycles. The van der Waals surface area contributed by atoms with Crippen LogP contribution >= 0.6 is 0 Å². The smallest absolute Gasteiger partial charge is 0.208 e. The highest BCUT2D eigenvalue weighted by Gasteiger charge is 2.10. The Hall–Kier alpha value is -2.68. The van der Waals surface area contributed by atoms with Gasteiger partial charge in [0.05, 0.1) is 0 Å². The lowest BCUT2D eigenvalue weighted by Gasteiger charge is -2.15. The summed E-state index contributed by atoms with van der Waals surface area (Å²) in [5.74, 6) is 0. The summed E-state index contributed by atoms with van der Waals surface area (Å²) in [6.07, 6.45) is 2.70. The Morgan fingerprint density at radius 1 is 0.645 bits per heavy atom. The van der Waals surface area contributed by atoms with Crippen molar-refractivity contribution in [1.82, 2.24) is 0 Å².